The number of phenolic OH excluding ortho intramolecular Hbond substituents is 1. The van der Waals surface area contributed by atoms with Crippen molar-refractivity contribution in [2.45, 2.75) is 6.92 Å². The lowest BCUT2D eigenvalue weighted by atomic mass is 10.1. The van der Waals surface area contributed by atoms with E-state index in [1.807, 2.05) is 0 Å². The molecular formula is C17H17N3O4. The molecule has 2 aromatic carbocycles. The Labute approximate surface area is 139 Å². The summed E-state index contributed by atoms with van der Waals surface area (Å²) in [5.74, 6) is -1.19. The van der Waals surface area contributed by atoms with Crippen molar-refractivity contribution in [2.75, 3.05) is 12.4 Å². The van der Waals surface area contributed by atoms with Crippen molar-refractivity contribution in [3.63, 3.8) is 0 Å². The molecule has 3 N–H and O–H groups in total. The van der Waals surface area contributed by atoms with Gasteiger partial charge in [0.15, 0.2) is 0 Å². The first kappa shape index (κ1) is 17.0. The largest absolute Gasteiger partial charge is 0.508 e. The quantitative estimate of drug-likeness (QED) is 0.453. The third-order valence-electron chi connectivity index (χ3n) is 3.17. The number of amides is 2. The monoisotopic (exact) mass is 327 g/mol. The minimum Gasteiger partial charge on any atom is -0.508 e. The lowest BCUT2D eigenvalue weighted by Crippen LogP contribution is -2.33. The molecule has 7 nitrogen and oxygen atoms in total. The molecule has 7 heteroatoms. The molecule has 0 radical (unpaired) electrons. The smallest absolute Gasteiger partial charge is 0.329 e. The van der Waals surface area contributed by atoms with Crippen molar-refractivity contribution in [1.29, 1.82) is 0 Å². The van der Waals surface area contributed by atoms with Crippen LogP contribution in [0.1, 0.15) is 12.5 Å². The summed E-state index contributed by atoms with van der Waals surface area (Å²) >= 11 is 0. The van der Waals surface area contributed by atoms with Gasteiger partial charge in [0.25, 0.3) is 0 Å². The first-order chi connectivity index (χ1) is 11.5. The Balaban J connectivity index is 2.00. The van der Waals surface area contributed by atoms with E-state index >= 15 is 0 Å². The summed E-state index contributed by atoms with van der Waals surface area (Å²) in [5.41, 5.74) is 3.78. The normalized spacial score (nSPS) is 10.8. The van der Waals surface area contributed by atoms with E-state index in [-0.39, 0.29) is 5.75 Å². The van der Waals surface area contributed by atoms with E-state index in [9.17, 15) is 14.7 Å². The van der Waals surface area contributed by atoms with Crippen molar-refractivity contribution in [1.82, 2.24) is 5.43 Å². The van der Waals surface area contributed by atoms with Crippen molar-refractivity contribution in [2.24, 2.45) is 5.10 Å². The molecule has 24 heavy (non-hydrogen) atoms. The fraction of sp³-hybridized carbons (Fsp3) is 0.118. The maximum atomic E-state index is 11.9. The number of benzene rings is 2. The molecule has 0 bridgehead atoms. The van der Waals surface area contributed by atoms with Crippen LogP contribution in [0.25, 0.3) is 0 Å². The third kappa shape index (κ3) is 4.33. The van der Waals surface area contributed by atoms with Crippen LogP contribution in [-0.2, 0) is 9.59 Å². The Morgan fingerprint density at radius 1 is 1.04 bits per heavy atom. The fourth-order valence-corrected chi connectivity index (χ4v) is 1.88. The Hall–Kier alpha value is -3.35. The van der Waals surface area contributed by atoms with E-state index in [2.05, 4.69) is 15.8 Å². The molecule has 2 rings (SSSR count). The van der Waals surface area contributed by atoms with Crippen LogP contribution in [0.3, 0.4) is 0 Å². The molecule has 0 saturated heterocycles. The molecular weight excluding hydrogens is 310 g/mol. The van der Waals surface area contributed by atoms with Gasteiger partial charge in [-0.15, -0.1) is 0 Å². The summed E-state index contributed by atoms with van der Waals surface area (Å²) in [6.45, 7) is 1.67. The molecule has 2 amide bonds. The predicted octanol–water partition coefficient (Wildman–Crippen LogP) is 1.88. The van der Waals surface area contributed by atoms with Crippen LogP contribution in [0, 0.1) is 0 Å². The van der Waals surface area contributed by atoms with E-state index in [0.29, 0.717) is 22.7 Å². The molecule has 0 saturated carbocycles. The van der Waals surface area contributed by atoms with Crippen molar-refractivity contribution >= 4 is 23.2 Å². The maximum absolute atomic E-state index is 11.9. The second-order valence-electron chi connectivity index (χ2n) is 4.84. The van der Waals surface area contributed by atoms with E-state index < -0.39 is 11.8 Å². The van der Waals surface area contributed by atoms with Gasteiger partial charge in [-0.1, -0.05) is 12.1 Å². The number of aromatic hydroxyl groups is 1. The van der Waals surface area contributed by atoms with Gasteiger partial charge < -0.3 is 15.2 Å². The van der Waals surface area contributed by atoms with Crippen LogP contribution in [0.15, 0.2) is 53.6 Å². The molecule has 0 aromatic heterocycles. The van der Waals surface area contributed by atoms with E-state index in [0.717, 1.165) is 0 Å². The van der Waals surface area contributed by atoms with Gasteiger partial charge in [0, 0.05) is 0 Å². The zero-order valence-corrected chi connectivity index (χ0v) is 13.2. The number of carbonyl (C=O) groups excluding carboxylic acids is 2. The van der Waals surface area contributed by atoms with Crippen LogP contribution >= 0.6 is 0 Å². The number of para-hydroxylation sites is 2. The molecule has 0 aliphatic rings. The molecule has 0 unspecified atom stereocenters. The Kier molecular flexibility index (Phi) is 5.51. The molecule has 0 heterocycles. The highest BCUT2D eigenvalue weighted by Gasteiger charge is 2.15. The number of carbonyl (C=O) groups is 2. The summed E-state index contributed by atoms with van der Waals surface area (Å²) in [6, 6.07) is 13.1. The van der Waals surface area contributed by atoms with E-state index in [1.54, 1.807) is 43.3 Å². The minimum absolute atomic E-state index is 0.131. The van der Waals surface area contributed by atoms with E-state index in [4.69, 9.17) is 4.74 Å². The van der Waals surface area contributed by atoms with E-state index in [1.165, 1.54) is 19.2 Å². The first-order valence-electron chi connectivity index (χ1n) is 7.09. The Morgan fingerprint density at radius 2 is 1.71 bits per heavy atom. The zero-order valence-electron chi connectivity index (χ0n) is 13.2. The van der Waals surface area contributed by atoms with Crippen molar-refractivity contribution < 1.29 is 19.4 Å². The lowest BCUT2D eigenvalue weighted by Gasteiger charge is -2.09. The number of nitrogens with one attached hydrogen (secondary N) is 2. The van der Waals surface area contributed by atoms with Gasteiger partial charge in [0.2, 0.25) is 0 Å². The van der Waals surface area contributed by atoms with Crippen LogP contribution in [-0.4, -0.2) is 29.7 Å². The third-order valence-corrected chi connectivity index (χ3v) is 3.17. The molecule has 0 aliphatic heterocycles. The number of phenols is 1. The number of ether oxygens (including phenoxy) is 1. The molecule has 0 fully saturated rings. The Morgan fingerprint density at radius 3 is 2.38 bits per heavy atom. The van der Waals surface area contributed by atoms with Gasteiger partial charge in [0.1, 0.15) is 11.5 Å². The highest BCUT2D eigenvalue weighted by Crippen LogP contribution is 2.22. The molecule has 124 valence electrons. The maximum Gasteiger partial charge on any atom is 0.329 e. The number of hydrogen-bond acceptors (Lipinski definition) is 5. The van der Waals surface area contributed by atoms with Crippen LogP contribution < -0.4 is 15.5 Å². The topological polar surface area (TPSA) is 100 Å². The standard InChI is InChI=1S/C17H17N3O4/c1-11(12-7-9-13(21)10-8-12)19-20-17(23)16(22)18-14-5-3-4-6-15(14)24-2/h3-10,21H,1-2H3,(H,18,22)(H,20,23)/b19-11+. The number of methoxy groups -OCH3 is 1. The molecule has 0 atom stereocenters. The van der Waals surface area contributed by atoms with Crippen LogP contribution in [0.2, 0.25) is 0 Å². The average Bonchev–Trinajstić information content (AvgIpc) is 2.60. The first-order valence-corrected chi connectivity index (χ1v) is 7.09. The van der Waals surface area contributed by atoms with Gasteiger partial charge in [-0.05, 0) is 48.9 Å². The van der Waals surface area contributed by atoms with Crippen molar-refractivity contribution in [3.8, 4) is 11.5 Å². The number of hydrogen-bond donors (Lipinski definition) is 3. The van der Waals surface area contributed by atoms with Gasteiger partial charge in [0.05, 0.1) is 18.5 Å². The highest BCUT2D eigenvalue weighted by atomic mass is 16.5. The highest BCUT2D eigenvalue weighted by molar-refractivity contribution is 6.39. The molecule has 2 aromatic rings. The summed E-state index contributed by atoms with van der Waals surface area (Å²) in [5, 5.41) is 15.6. The molecule has 0 aliphatic carbocycles. The molecule has 0 spiro atoms. The predicted molar refractivity (Wildman–Crippen MR) is 90.1 cm³/mol. The summed E-state index contributed by atoms with van der Waals surface area (Å²) in [7, 11) is 1.47. The second kappa shape index (κ2) is 7.77. The second-order valence-corrected chi connectivity index (χ2v) is 4.84. The lowest BCUT2D eigenvalue weighted by molar-refractivity contribution is -0.136. The average molecular weight is 327 g/mol. The van der Waals surface area contributed by atoms with Gasteiger partial charge >= 0.3 is 11.8 Å². The number of anilines is 1. The Bertz CT molecular complexity index is 770. The SMILES string of the molecule is COc1ccccc1NC(=O)C(=O)N/N=C(\C)c1ccc(O)cc1. The van der Waals surface area contributed by atoms with Crippen LogP contribution in [0.5, 0.6) is 11.5 Å². The zero-order chi connectivity index (χ0) is 17.5. The summed E-state index contributed by atoms with van der Waals surface area (Å²) in [4.78, 5) is 23.7. The van der Waals surface area contributed by atoms with Crippen molar-refractivity contribution in [3.05, 3.63) is 54.1 Å². The number of rotatable bonds is 4. The number of hydrazone groups is 1. The fourth-order valence-electron chi connectivity index (χ4n) is 1.88. The minimum atomic E-state index is -0.904. The van der Waals surface area contributed by atoms with Gasteiger partial charge in [-0.2, -0.15) is 5.10 Å². The summed E-state index contributed by atoms with van der Waals surface area (Å²) in [6.07, 6.45) is 0. The van der Waals surface area contributed by atoms with Gasteiger partial charge in [-0.3, -0.25) is 9.59 Å². The number of nitrogens with zero attached hydrogens (tertiary/aromatic N) is 1. The van der Waals surface area contributed by atoms with Crippen LogP contribution in [0.4, 0.5) is 5.69 Å². The summed E-state index contributed by atoms with van der Waals surface area (Å²) < 4.78 is 5.10. The van der Waals surface area contributed by atoms with Gasteiger partial charge in [-0.25, -0.2) is 5.43 Å².